The summed E-state index contributed by atoms with van der Waals surface area (Å²) in [5.74, 6) is -1.73. The van der Waals surface area contributed by atoms with Crippen LogP contribution in [0.3, 0.4) is 0 Å². The van der Waals surface area contributed by atoms with Gasteiger partial charge in [-0.25, -0.2) is 4.79 Å². The lowest BCUT2D eigenvalue weighted by Gasteiger charge is -2.37. The van der Waals surface area contributed by atoms with Gasteiger partial charge in [-0.05, 0) is 18.1 Å². The second-order valence-corrected chi connectivity index (χ2v) is 10.5. The van der Waals surface area contributed by atoms with Crippen LogP contribution in [0, 0.1) is 0 Å². The molecule has 0 bridgehead atoms. The molecule has 0 saturated carbocycles. The first-order chi connectivity index (χ1) is 7.60. The van der Waals surface area contributed by atoms with Crippen LogP contribution in [-0.2, 0) is 18.7 Å². The highest BCUT2D eigenvalue weighted by atomic mass is 28.4. The van der Waals surface area contributed by atoms with Gasteiger partial charge in [0.25, 0.3) is 5.79 Å². The lowest BCUT2D eigenvalue weighted by molar-refractivity contribution is -0.159. The highest BCUT2D eigenvalue weighted by Gasteiger charge is 2.67. The van der Waals surface area contributed by atoms with Gasteiger partial charge >= 0.3 is 5.97 Å². The Labute approximate surface area is 104 Å². The van der Waals surface area contributed by atoms with Crippen molar-refractivity contribution in [2.45, 2.75) is 50.8 Å². The van der Waals surface area contributed by atoms with Gasteiger partial charge in [0.05, 0.1) is 7.11 Å². The Morgan fingerprint density at radius 1 is 1.47 bits per heavy atom. The fourth-order valence-corrected chi connectivity index (χ4v) is 2.63. The Bertz CT molecular complexity index is 332. The largest absolute Gasteiger partial charge is 0.465 e. The molecular formula is C12H22O4Si. The van der Waals surface area contributed by atoms with Crippen molar-refractivity contribution >= 4 is 14.3 Å². The molecular weight excluding hydrogens is 236 g/mol. The molecule has 0 aliphatic carbocycles. The first-order valence-corrected chi connectivity index (χ1v) is 8.60. The fraction of sp³-hybridized carbons (Fsp3) is 0.750. The number of ether oxygens (including phenoxy) is 2. The van der Waals surface area contributed by atoms with Gasteiger partial charge < -0.3 is 13.9 Å². The predicted octanol–water partition coefficient (Wildman–Crippen LogP) is 2.46. The minimum absolute atomic E-state index is 0.00565. The second-order valence-electron chi connectivity index (χ2n) is 5.80. The molecule has 0 spiro atoms. The van der Waals surface area contributed by atoms with Gasteiger partial charge in [0.15, 0.2) is 8.32 Å². The molecule has 2 atom stereocenters. The van der Waals surface area contributed by atoms with E-state index in [1.807, 2.05) is 0 Å². The van der Waals surface area contributed by atoms with Gasteiger partial charge in [-0.2, -0.15) is 0 Å². The molecule has 1 heterocycles. The van der Waals surface area contributed by atoms with Crippen molar-refractivity contribution in [3.8, 4) is 0 Å². The SMILES string of the molecule is C=C[C@H]1O[C@]1(O[Si](C)(C)C(C)(C)C)C(=O)OC. The van der Waals surface area contributed by atoms with Crippen LogP contribution in [0.5, 0.6) is 0 Å². The van der Waals surface area contributed by atoms with E-state index in [4.69, 9.17) is 13.9 Å². The lowest BCUT2D eigenvalue weighted by atomic mass is 10.2. The number of esters is 1. The van der Waals surface area contributed by atoms with Crippen molar-refractivity contribution in [1.29, 1.82) is 0 Å². The third-order valence-corrected chi connectivity index (χ3v) is 7.94. The third-order valence-electron chi connectivity index (χ3n) is 3.52. The van der Waals surface area contributed by atoms with Crippen molar-refractivity contribution < 1.29 is 18.7 Å². The molecule has 0 radical (unpaired) electrons. The van der Waals surface area contributed by atoms with Crippen LogP contribution < -0.4 is 0 Å². The van der Waals surface area contributed by atoms with Crippen LogP contribution in [0.4, 0.5) is 0 Å². The number of rotatable bonds is 4. The van der Waals surface area contributed by atoms with E-state index in [9.17, 15) is 4.79 Å². The molecule has 0 N–H and O–H groups in total. The first kappa shape index (κ1) is 14.4. The molecule has 1 saturated heterocycles. The van der Waals surface area contributed by atoms with E-state index in [1.54, 1.807) is 6.08 Å². The molecule has 5 heteroatoms. The molecule has 0 unspecified atom stereocenters. The molecule has 1 rings (SSSR count). The van der Waals surface area contributed by atoms with E-state index < -0.39 is 26.2 Å². The predicted molar refractivity (Wildman–Crippen MR) is 68.1 cm³/mol. The molecule has 17 heavy (non-hydrogen) atoms. The summed E-state index contributed by atoms with van der Waals surface area (Å²) >= 11 is 0. The van der Waals surface area contributed by atoms with Gasteiger partial charge in [-0.1, -0.05) is 26.8 Å². The van der Waals surface area contributed by atoms with Crippen LogP contribution in [0.25, 0.3) is 0 Å². The molecule has 0 aromatic rings. The zero-order valence-corrected chi connectivity index (χ0v) is 12.5. The summed E-state index contributed by atoms with van der Waals surface area (Å²) in [5.41, 5.74) is 0. The fourth-order valence-electron chi connectivity index (χ4n) is 1.32. The number of hydrogen-bond acceptors (Lipinski definition) is 4. The van der Waals surface area contributed by atoms with Crippen LogP contribution in [-0.4, -0.2) is 33.3 Å². The Morgan fingerprint density at radius 2 is 2.00 bits per heavy atom. The van der Waals surface area contributed by atoms with Gasteiger partial charge in [-0.3, -0.25) is 0 Å². The number of methoxy groups -OCH3 is 1. The van der Waals surface area contributed by atoms with E-state index in [1.165, 1.54) is 7.11 Å². The van der Waals surface area contributed by atoms with E-state index in [0.717, 1.165) is 0 Å². The highest BCUT2D eigenvalue weighted by Crippen LogP contribution is 2.47. The Kier molecular flexibility index (Phi) is 3.58. The number of carbonyl (C=O) groups excluding carboxylic acids is 1. The topological polar surface area (TPSA) is 48.1 Å². The summed E-state index contributed by atoms with van der Waals surface area (Å²) in [4.78, 5) is 11.8. The summed E-state index contributed by atoms with van der Waals surface area (Å²) in [5, 5.41) is 0.00565. The molecule has 4 nitrogen and oxygen atoms in total. The van der Waals surface area contributed by atoms with Crippen molar-refractivity contribution in [3.05, 3.63) is 12.7 Å². The van der Waals surface area contributed by atoms with Crippen molar-refractivity contribution in [3.63, 3.8) is 0 Å². The van der Waals surface area contributed by atoms with E-state index in [2.05, 4.69) is 40.4 Å². The number of carbonyl (C=O) groups is 1. The lowest BCUT2D eigenvalue weighted by Crippen LogP contribution is -2.49. The molecule has 0 aromatic carbocycles. The van der Waals surface area contributed by atoms with E-state index in [-0.39, 0.29) is 5.04 Å². The average molecular weight is 258 g/mol. The molecule has 1 fully saturated rings. The zero-order valence-electron chi connectivity index (χ0n) is 11.5. The molecule has 0 aromatic heterocycles. The maximum Gasteiger partial charge on any atom is 0.368 e. The van der Waals surface area contributed by atoms with Crippen LogP contribution in [0.2, 0.25) is 18.1 Å². The smallest absolute Gasteiger partial charge is 0.368 e. The van der Waals surface area contributed by atoms with Crippen LogP contribution >= 0.6 is 0 Å². The standard InChI is InChI=1S/C12H22O4Si/c1-8-9-12(15-9,10(13)14-5)16-17(6,7)11(2,3)4/h8-9H,1H2,2-7H3/t9-,12-/m1/s1. The van der Waals surface area contributed by atoms with Crippen LogP contribution in [0.15, 0.2) is 12.7 Å². The van der Waals surface area contributed by atoms with Gasteiger partial charge in [0.2, 0.25) is 0 Å². The van der Waals surface area contributed by atoms with E-state index in [0.29, 0.717) is 0 Å². The molecule has 1 aliphatic rings. The third kappa shape index (κ3) is 2.46. The number of epoxide rings is 1. The average Bonchev–Trinajstić information content (AvgIpc) is 2.89. The quantitative estimate of drug-likeness (QED) is 0.336. The zero-order chi connectivity index (χ0) is 13.5. The minimum atomic E-state index is -2.09. The normalized spacial score (nSPS) is 28.7. The monoisotopic (exact) mass is 258 g/mol. The number of hydrogen-bond donors (Lipinski definition) is 0. The van der Waals surface area contributed by atoms with Crippen molar-refractivity contribution in [1.82, 2.24) is 0 Å². The van der Waals surface area contributed by atoms with Crippen LogP contribution in [0.1, 0.15) is 20.8 Å². The summed E-state index contributed by atoms with van der Waals surface area (Å²) in [6.07, 6.45) is 1.17. The maximum atomic E-state index is 11.8. The van der Waals surface area contributed by atoms with E-state index >= 15 is 0 Å². The molecule has 98 valence electrons. The minimum Gasteiger partial charge on any atom is -0.465 e. The summed E-state index contributed by atoms with van der Waals surface area (Å²) < 4.78 is 16.1. The van der Waals surface area contributed by atoms with Crippen molar-refractivity contribution in [2.24, 2.45) is 0 Å². The van der Waals surface area contributed by atoms with Gasteiger partial charge in [-0.15, -0.1) is 6.58 Å². The summed E-state index contributed by atoms with van der Waals surface area (Å²) in [6, 6.07) is 0. The summed E-state index contributed by atoms with van der Waals surface area (Å²) in [7, 11) is -0.754. The first-order valence-electron chi connectivity index (χ1n) is 5.69. The van der Waals surface area contributed by atoms with Gasteiger partial charge in [0.1, 0.15) is 6.10 Å². The Hall–Kier alpha value is -0.653. The molecule has 0 amide bonds. The van der Waals surface area contributed by atoms with Crippen molar-refractivity contribution in [2.75, 3.05) is 7.11 Å². The Morgan fingerprint density at radius 3 is 2.29 bits per heavy atom. The maximum absolute atomic E-state index is 11.8. The summed E-state index contributed by atoms with van der Waals surface area (Å²) in [6.45, 7) is 14.1. The molecule has 1 aliphatic heterocycles. The van der Waals surface area contributed by atoms with Gasteiger partial charge in [0, 0.05) is 0 Å². The Balaban J connectivity index is 2.91. The second kappa shape index (κ2) is 4.22. The highest BCUT2D eigenvalue weighted by molar-refractivity contribution is 6.74.